The van der Waals surface area contributed by atoms with Gasteiger partial charge in [0.1, 0.15) is 0 Å². The lowest BCUT2D eigenvalue weighted by Crippen LogP contribution is -2.24. The Balaban J connectivity index is 1.86. The summed E-state index contributed by atoms with van der Waals surface area (Å²) in [4.78, 5) is 0. The highest BCUT2D eigenvalue weighted by atomic mass is 15.2. The fourth-order valence-corrected chi connectivity index (χ4v) is 4.03. The molecule has 0 heterocycles. The van der Waals surface area contributed by atoms with Crippen LogP contribution in [0.1, 0.15) is 92.4 Å². The summed E-state index contributed by atoms with van der Waals surface area (Å²) in [6, 6.07) is 0. The molecular formula is C21H36N4. The van der Waals surface area contributed by atoms with Crippen molar-refractivity contribution in [1.29, 1.82) is 0 Å². The van der Waals surface area contributed by atoms with Gasteiger partial charge < -0.3 is 0 Å². The van der Waals surface area contributed by atoms with E-state index in [-0.39, 0.29) is 0 Å². The Bertz CT molecular complexity index is 538. The molecule has 2 saturated carbocycles. The maximum atomic E-state index is 4.60. The lowest BCUT2D eigenvalue weighted by Gasteiger charge is -2.27. The van der Waals surface area contributed by atoms with E-state index >= 15 is 0 Å². The van der Waals surface area contributed by atoms with E-state index in [4.69, 9.17) is 0 Å². The van der Waals surface area contributed by atoms with Crippen molar-refractivity contribution in [3.8, 4) is 0 Å². The first kappa shape index (κ1) is 20.0. The van der Waals surface area contributed by atoms with Crippen LogP contribution in [0.25, 0.3) is 0 Å². The van der Waals surface area contributed by atoms with Gasteiger partial charge in [-0.05, 0) is 90.9 Å². The zero-order valence-corrected chi connectivity index (χ0v) is 16.9. The van der Waals surface area contributed by atoms with Crippen LogP contribution in [-0.2, 0) is 0 Å². The van der Waals surface area contributed by atoms with Crippen LogP contribution in [0.5, 0.6) is 0 Å². The van der Waals surface area contributed by atoms with Gasteiger partial charge in [-0.25, -0.2) is 0 Å². The van der Waals surface area contributed by atoms with Crippen LogP contribution in [0.4, 0.5) is 0 Å². The van der Waals surface area contributed by atoms with Crippen LogP contribution in [0.2, 0.25) is 0 Å². The van der Waals surface area contributed by atoms with E-state index in [2.05, 4.69) is 41.2 Å². The molecular weight excluding hydrogens is 308 g/mol. The second-order valence-corrected chi connectivity index (χ2v) is 8.15. The molecule has 0 N–H and O–H groups in total. The highest BCUT2D eigenvalue weighted by molar-refractivity contribution is 5.89. The molecule has 0 aromatic heterocycles. The van der Waals surface area contributed by atoms with Gasteiger partial charge in [0.25, 0.3) is 0 Å². The molecule has 0 atom stereocenters. The van der Waals surface area contributed by atoms with Crippen LogP contribution in [-0.4, -0.2) is 22.8 Å². The normalized spacial score (nSPS) is 27.3. The highest BCUT2D eigenvalue weighted by Crippen LogP contribution is 2.31. The van der Waals surface area contributed by atoms with E-state index in [0.29, 0.717) is 17.8 Å². The second-order valence-electron chi connectivity index (χ2n) is 8.15. The summed E-state index contributed by atoms with van der Waals surface area (Å²) in [5, 5.41) is 17.8. The molecule has 2 fully saturated rings. The fraction of sp³-hybridized carbons (Fsp3) is 0.810. The summed E-state index contributed by atoms with van der Waals surface area (Å²) in [6.45, 7) is 10.4. The number of hydrogen-bond acceptors (Lipinski definition) is 4. The summed E-state index contributed by atoms with van der Waals surface area (Å²) < 4.78 is 0. The Hall–Kier alpha value is -1.32. The molecule has 0 bridgehead atoms. The van der Waals surface area contributed by atoms with E-state index in [0.717, 1.165) is 5.71 Å². The van der Waals surface area contributed by atoms with Gasteiger partial charge in [0.15, 0.2) is 0 Å². The second kappa shape index (κ2) is 9.98. The molecule has 0 spiro atoms. The number of rotatable bonds is 5. The van der Waals surface area contributed by atoms with E-state index in [1.807, 2.05) is 13.8 Å². The third-order valence-corrected chi connectivity index (χ3v) is 5.88. The van der Waals surface area contributed by atoms with Crippen LogP contribution >= 0.6 is 0 Å². The van der Waals surface area contributed by atoms with Crippen molar-refractivity contribution in [2.24, 2.45) is 38.2 Å². The third-order valence-electron chi connectivity index (χ3n) is 5.88. The first-order valence-corrected chi connectivity index (χ1v) is 10.1. The van der Waals surface area contributed by atoms with Gasteiger partial charge in [-0.1, -0.05) is 19.3 Å². The Labute approximate surface area is 154 Å². The Morgan fingerprint density at radius 1 is 0.480 bits per heavy atom. The van der Waals surface area contributed by atoms with Crippen molar-refractivity contribution in [2.45, 2.75) is 92.4 Å². The van der Waals surface area contributed by atoms with Gasteiger partial charge in [-0.2, -0.15) is 20.4 Å². The number of nitrogens with zero attached hydrogens (tertiary/aromatic N) is 4. The lowest BCUT2D eigenvalue weighted by atomic mass is 9.78. The van der Waals surface area contributed by atoms with Crippen molar-refractivity contribution in [2.75, 3.05) is 0 Å². The fourth-order valence-electron chi connectivity index (χ4n) is 4.03. The lowest BCUT2D eigenvalue weighted by molar-refractivity contribution is 0.385. The zero-order chi connectivity index (χ0) is 18.2. The smallest absolute Gasteiger partial charge is 0.0405 e. The quantitative estimate of drug-likeness (QED) is 0.429. The van der Waals surface area contributed by atoms with Crippen LogP contribution in [0.3, 0.4) is 0 Å². The minimum Gasteiger partial charge on any atom is -0.161 e. The molecule has 140 valence electrons. The number of hydrogen-bond donors (Lipinski definition) is 0. The van der Waals surface area contributed by atoms with Gasteiger partial charge in [0, 0.05) is 22.8 Å². The minimum atomic E-state index is 0.583. The molecule has 4 nitrogen and oxygen atoms in total. The van der Waals surface area contributed by atoms with Crippen molar-refractivity contribution in [3.63, 3.8) is 0 Å². The van der Waals surface area contributed by atoms with E-state index < -0.39 is 0 Å². The standard InChI is InChI=1S/C21H36N4/c1-15(2)22-23-17(4)20-11-13-21(14-12-20)18(5)25-24-16(3)19-9-7-6-8-10-19/h19-21H,6-14H2,1-5H3/b23-17+,24-16+,25-18+. The van der Waals surface area contributed by atoms with Crippen LogP contribution in [0.15, 0.2) is 20.4 Å². The largest absolute Gasteiger partial charge is 0.161 e. The average molecular weight is 345 g/mol. The molecule has 4 heteroatoms. The summed E-state index contributed by atoms with van der Waals surface area (Å²) >= 11 is 0. The highest BCUT2D eigenvalue weighted by Gasteiger charge is 2.25. The van der Waals surface area contributed by atoms with Crippen LogP contribution < -0.4 is 0 Å². The van der Waals surface area contributed by atoms with Crippen molar-refractivity contribution < 1.29 is 0 Å². The van der Waals surface area contributed by atoms with Crippen molar-refractivity contribution in [1.82, 2.24) is 0 Å². The first-order valence-electron chi connectivity index (χ1n) is 10.1. The molecule has 0 aromatic carbocycles. The molecule has 2 aliphatic carbocycles. The molecule has 0 aromatic rings. The SMILES string of the molecule is CC(C)=N/N=C(\C)C1CCC(/C(C)=N/N=C(\C)C2CCCCC2)CC1. The molecule has 2 rings (SSSR count). The molecule has 0 radical (unpaired) electrons. The Morgan fingerprint density at radius 2 is 0.840 bits per heavy atom. The van der Waals surface area contributed by atoms with E-state index in [1.54, 1.807) is 0 Å². The monoisotopic (exact) mass is 344 g/mol. The predicted molar refractivity (Wildman–Crippen MR) is 110 cm³/mol. The zero-order valence-electron chi connectivity index (χ0n) is 16.9. The topological polar surface area (TPSA) is 49.4 Å². The first-order chi connectivity index (χ1) is 12.0. The maximum Gasteiger partial charge on any atom is 0.0405 e. The summed E-state index contributed by atoms with van der Waals surface area (Å²) in [7, 11) is 0. The summed E-state index contributed by atoms with van der Waals surface area (Å²) in [5.74, 6) is 1.84. The summed E-state index contributed by atoms with van der Waals surface area (Å²) in [6.07, 6.45) is 11.5. The molecule has 2 aliphatic rings. The predicted octanol–water partition coefficient (Wildman–Crippen LogP) is 6.07. The van der Waals surface area contributed by atoms with Gasteiger partial charge in [0.2, 0.25) is 0 Å². The van der Waals surface area contributed by atoms with Gasteiger partial charge >= 0.3 is 0 Å². The van der Waals surface area contributed by atoms with Crippen LogP contribution in [0, 0.1) is 17.8 Å². The van der Waals surface area contributed by atoms with E-state index in [1.165, 1.54) is 74.9 Å². The van der Waals surface area contributed by atoms with Gasteiger partial charge in [-0.3, -0.25) is 0 Å². The average Bonchev–Trinajstić information content (AvgIpc) is 2.64. The minimum absolute atomic E-state index is 0.583. The molecule has 0 unspecified atom stereocenters. The van der Waals surface area contributed by atoms with Crippen molar-refractivity contribution in [3.05, 3.63) is 0 Å². The molecule has 25 heavy (non-hydrogen) atoms. The summed E-state index contributed by atoms with van der Waals surface area (Å²) in [5.41, 5.74) is 4.65. The molecule has 0 amide bonds. The Morgan fingerprint density at radius 3 is 1.24 bits per heavy atom. The van der Waals surface area contributed by atoms with Gasteiger partial charge in [-0.15, -0.1) is 0 Å². The van der Waals surface area contributed by atoms with Crippen molar-refractivity contribution >= 4 is 22.8 Å². The third kappa shape index (κ3) is 6.48. The maximum absolute atomic E-state index is 4.60. The molecule has 0 saturated heterocycles. The molecule has 0 aliphatic heterocycles. The van der Waals surface area contributed by atoms with E-state index in [9.17, 15) is 0 Å². The Kier molecular flexibility index (Phi) is 7.98. The van der Waals surface area contributed by atoms with Gasteiger partial charge in [0.05, 0.1) is 0 Å².